The molecule has 1 rings (SSSR count). The van der Waals surface area contributed by atoms with Gasteiger partial charge in [0.1, 0.15) is 0 Å². The van der Waals surface area contributed by atoms with E-state index in [2.05, 4.69) is 15.9 Å². The van der Waals surface area contributed by atoms with Crippen LogP contribution in [-0.4, -0.2) is 5.78 Å². The molecule has 0 radical (unpaired) electrons. The molecule has 0 saturated carbocycles. The minimum absolute atomic E-state index is 0.102. The highest BCUT2D eigenvalue weighted by Gasteiger charge is 2.32. The Bertz CT molecular complexity index is 385. The second-order valence-electron chi connectivity index (χ2n) is 2.97. The number of Topliss-reactive ketones (excluding diaryl/α,β-unsaturated/α-hetero) is 1. The molecule has 5 heteroatoms. The second-order valence-corrected chi connectivity index (χ2v) is 3.82. The van der Waals surface area contributed by atoms with Gasteiger partial charge in [-0.1, -0.05) is 28.9 Å². The molecule has 0 N–H and O–H groups in total. The highest BCUT2D eigenvalue weighted by molar-refractivity contribution is 9.10. The number of alkyl halides is 3. The van der Waals surface area contributed by atoms with Crippen LogP contribution < -0.4 is 0 Å². The Morgan fingerprint density at radius 2 is 2.00 bits per heavy atom. The summed E-state index contributed by atoms with van der Waals surface area (Å²) in [4.78, 5) is 11.2. The molecule has 0 saturated heterocycles. The molecule has 0 aliphatic carbocycles. The Hall–Kier alpha value is -0.840. The average Bonchev–Trinajstić information content (AvgIpc) is 2.14. The van der Waals surface area contributed by atoms with E-state index in [0.717, 1.165) is 6.07 Å². The number of rotatable bonds is 2. The molecule has 1 aromatic rings. The van der Waals surface area contributed by atoms with Gasteiger partial charge in [0.25, 0.3) is 0 Å². The molecule has 15 heavy (non-hydrogen) atoms. The van der Waals surface area contributed by atoms with E-state index in [1.54, 1.807) is 6.92 Å². The lowest BCUT2D eigenvalue weighted by Crippen LogP contribution is -2.07. The minimum atomic E-state index is -4.40. The van der Waals surface area contributed by atoms with Crippen LogP contribution in [0.15, 0.2) is 22.7 Å². The molecule has 0 bridgehead atoms. The van der Waals surface area contributed by atoms with Gasteiger partial charge in [-0.05, 0) is 12.1 Å². The fourth-order valence-corrected chi connectivity index (χ4v) is 1.73. The normalized spacial score (nSPS) is 11.5. The summed E-state index contributed by atoms with van der Waals surface area (Å²) in [5.41, 5.74) is -0.479. The summed E-state index contributed by atoms with van der Waals surface area (Å²) in [6, 6.07) is 3.31. The van der Waals surface area contributed by atoms with E-state index in [0.29, 0.717) is 0 Å². The maximum Gasteiger partial charge on any atom is 0.417 e. The van der Waals surface area contributed by atoms with E-state index < -0.39 is 11.7 Å². The van der Waals surface area contributed by atoms with E-state index in [4.69, 9.17) is 0 Å². The van der Waals surface area contributed by atoms with Crippen molar-refractivity contribution in [3.8, 4) is 0 Å². The molecule has 0 heterocycles. The summed E-state index contributed by atoms with van der Waals surface area (Å²) < 4.78 is 36.9. The molecule has 0 unspecified atom stereocenters. The third kappa shape index (κ3) is 2.81. The number of carbonyl (C=O) groups is 1. The maximum absolute atomic E-state index is 12.3. The molecular weight excluding hydrogens is 273 g/mol. The standard InChI is InChI=1S/C10H8BrF3O/c1-2-9(15)6-3-4-7(8(11)5-6)10(12,13)14/h3-5H,2H2,1H3. The van der Waals surface area contributed by atoms with Crippen LogP contribution >= 0.6 is 15.9 Å². The first-order valence-corrected chi connectivity index (χ1v) is 5.05. The zero-order valence-electron chi connectivity index (χ0n) is 7.86. The lowest BCUT2D eigenvalue weighted by atomic mass is 10.1. The summed E-state index contributed by atoms with van der Waals surface area (Å²) in [6.07, 6.45) is -4.12. The highest BCUT2D eigenvalue weighted by Crippen LogP contribution is 2.35. The highest BCUT2D eigenvalue weighted by atomic mass is 79.9. The van der Waals surface area contributed by atoms with Gasteiger partial charge in [-0.2, -0.15) is 13.2 Å². The molecule has 82 valence electrons. The van der Waals surface area contributed by atoms with Crippen molar-refractivity contribution in [2.75, 3.05) is 0 Å². The van der Waals surface area contributed by atoms with E-state index in [9.17, 15) is 18.0 Å². The molecule has 0 fully saturated rings. The van der Waals surface area contributed by atoms with Gasteiger partial charge in [-0.25, -0.2) is 0 Å². The molecular formula is C10H8BrF3O. The predicted molar refractivity (Wildman–Crippen MR) is 53.8 cm³/mol. The van der Waals surface area contributed by atoms with E-state index in [1.807, 2.05) is 0 Å². The lowest BCUT2D eigenvalue weighted by Gasteiger charge is -2.09. The van der Waals surface area contributed by atoms with Crippen LogP contribution in [0.3, 0.4) is 0 Å². The third-order valence-electron chi connectivity index (χ3n) is 1.92. The van der Waals surface area contributed by atoms with Crippen molar-refractivity contribution in [3.63, 3.8) is 0 Å². The first-order valence-electron chi connectivity index (χ1n) is 4.26. The fraction of sp³-hybridized carbons (Fsp3) is 0.300. The Labute approximate surface area is 93.4 Å². The first-order chi connectivity index (χ1) is 6.86. The molecule has 1 nitrogen and oxygen atoms in total. The number of hydrogen-bond donors (Lipinski definition) is 0. The summed E-state index contributed by atoms with van der Waals surface area (Å²) in [5, 5.41) is 0. The molecule has 1 aromatic carbocycles. The average molecular weight is 281 g/mol. The van der Waals surface area contributed by atoms with Gasteiger partial charge in [0.2, 0.25) is 0 Å². The zero-order chi connectivity index (χ0) is 11.6. The molecule has 0 atom stereocenters. The van der Waals surface area contributed by atoms with Gasteiger partial charge in [0, 0.05) is 16.5 Å². The second kappa shape index (κ2) is 4.35. The quantitative estimate of drug-likeness (QED) is 0.747. The van der Waals surface area contributed by atoms with Crippen LogP contribution in [-0.2, 0) is 6.18 Å². The van der Waals surface area contributed by atoms with E-state index in [1.165, 1.54) is 12.1 Å². The Kier molecular flexibility index (Phi) is 3.54. The van der Waals surface area contributed by atoms with Gasteiger partial charge in [0.05, 0.1) is 5.56 Å². The topological polar surface area (TPSA) is 17.1 Å². The lowest BCUT2D eigenvalue weighted by molar-refractivity contribution is -0.138. The molecule has 0 aromatic heterocycles. The van der Waals surface area contributed by atoms with E-state index >= 15 is 0 Å². The van der Waals surface area contributed by atoms with Crippen molar-refractivity contribution in [2.24, 2.45) is 0 Å². The Balaban J connectivity index is 3.15. The van der Waals surface area contributed by atoms with Crippen LogP contribution in [0.1, 0.15) is 29.3 Å². The van der Waals surface area contributed by atoms with Crippen LogP contribution in [0.25, 0.3) is 0 Å². The van der Waals surface area contributed by atoms with Crippen LogP contribution in [0.5, 0.6) is 0 Å². The van der Waals surface area contributed by atoms with Crippen molar-refractivity contribution in [3.05, 3.63) is 33.8 Å². The number of hydrogen-bond acceptors (Lipinski definition) is 1. The van der Waals surface area contributed by atoms with Gasteiger partial charge in [-0.3, -0.25) is 4.79 Å². The van der Waals surface area contributed by atoms with Crippen molar-refractivity contribution in [2.45, 2.75) is 19.5 Å². The number of benzene rings is 1. The maximum atomic E-state index is 12.3. The summed E-state index contributed by atoms with van der Waals surface area (Å²) in [7, 11) is 0. The molecule has 0 amide bonds. The van der Waals surface area contributed by atoms with Gasteiger partial charge in [-0.15, -0.1) is 0 Å². The number of carbonyl (C=O) groups excluding carboxylic acids is 1. The first kappa shape index (κ1) is 12.2. The van der Waals surface area contributed by atoms with Crippen LogP contribution in [0.2, 0.25) is 0 Å². The molecule has 0 aliphatic rings. The molecule has 0 spiro atoms. The minimum Gasteiger partial charge on any atom is -0.294 e. The fourth-order valence-electron chi connectivity index (χ4n) is 1.12. The third-order valence-corrected chi connectivity index (χ3v) is 2.57. The van der Waals surface area contributed by atoms with Crippen LogP contribution in [0.4, 0.5) is 13.2 Å². The van der Waals surface area contributed by atoms with Crippen LogP contribution in [0, 0.1) is 0 Å². The summed E-state index contributed by atoms with van der Waals surface area (Å²) in [5.74, 6) is -0.176. The van der Waals surface area contributed by atoms with E-state index in [-0.39, 0.29) is 22.2 Å². The number of ketones is 1. The van der Waals surface area contributed by atoms with Crippen molar-refractivity contribution < 1.29 is 18.0 Å². The van der Waals surface area contributed by atoms with Gasteiger partial charge < -0.3 is 0 Å². The number of halogens is 4. The van der Waals surface area contributed by atoms with Crippen molar-refractivity contribution in [1.29, 1.82) is 0 Å². The van der Waals surface area contributed by atoms with Crippen molar-refractivity contribution >= 4 is 21.7 Å². The zero-order valence-corrected chi connectivity index (χ0v) is 9.45. The van der Waals surface area contributed by atoms with Gasteiger partial charge in [0.15, 0.2) is 5.78 Å². The smallest absolute Gasteiger partial charge is 0.294 e. The largest absolute Gasteiger partial charge is 0.417 e. The Morgan fingerprint density at radius 1 is 1.40 bits per heavy atom. The molecule has 0 aliphatic heterocycles. The van der Waals surface area contributed by atoms with Gasteiger partial charge >= 0.3 is 6.18 Å². The Morgan fingerprint density at radius 3 is 2.40 bits per heavy atom. The predicted octanol–water partition coefficient (Wildman–Crippen LogP) is 4.06. The SMILES string of the molecule is CCC(=O)c1ccc(C(F)(F)F)c(Br)c1. The summed E-state index contributed by atoms with van der Waals surface area (Å²) >= 11 is 2.81. The van der Waals surface area contributed by atoms with Crippen molar-refractivity contribution in [1.82, 2.24) is 0 Å². The monoisotopic (exact) mass is 280 g/mol. The summed E-state index contributed by atoms with van der Waals surface area (Å²) in [6.45, 7) is 1.66.